The summed E-state index contributed by atoms with van der Waals surface area (Å²) in [6.07, 6.45) is 3.27. The number of nitrogens with one attached hydrogen (secondary N) is 1. The van der Waals surface area contributed by atoms with Crippen LogP contribution in [0.4, 0.5) is 0 Å². The lowest BCUT2D eigenvalue weighted by molar-refractivity contribution is -0.141. The molecule has 0 bridgehead atoms. The zero-order valence-electron chi connectivity index (χ0n) is 10.6. The summed E-state index contributed by atoms with van der Waals surface area (Å²) in [7, 11) is 1.52. The van der Waals surface area contributed by atoms with Gasteiger partial charge < -0.3 is 15.2 Å². The molecule has 2 rings (SSSR count). The van der Waals surface area contributed by atoms with Crippen LogP contribution < -0.4 is 10.1 Å². The molecule has 6 nitrogen and oxygen atoms in total. The molecule has 0 aromatic carbocycles. The molecule has 102 valence electrons. The van der Waals surface area contributed by atoms with Gasteiger partial charge in [0.1, 0.15) is 11.4 Å². The Bertz CT molecular complexity index is 489. The summed E-state index contributed by atoms with van der Waals surface area (Å²) in [6, 6.07) is 3.12. The zero-order chi connectivity index (χ0) is 13.8. The quantitative estimate of drug-likeness (QED) is 0.849. The van der Waals surface area contributed by atoms with Crippen LogP contribution in [0, 0.1) is 5.92 Å². The van der Waals surface area contributed by atoms with Crippen molar-refractivity contribution in [3.05, 3.63) is 24.0 Å². The van der Waals surface area contributed by atoms with Crippen LogP contribution in [0.2, 0.25) is 0 Å². The van der Waals surface area contributed by atoms with E-state index in [9.17, 15) is 9.59 Å². The van der Waals surface area contributed by atoms with Crippen molar-refractivity contribution in [3.63, 3.8) is 0 Å². The first kappa shape index (κ1) is 13.3. The number of ether oxygens (including phenoxy) is 1. The summed E-state index contributed by atoms with van der Waals surface area (Å²) in [5.41, 5.74) is 0.276. The Morgan fingerprint density at radius 2 is 2.26 bits per heavy atom. The maximum atomic E-state index is 12.0. The lowest BCUT2D eigenvalue weighted by atomic mass is 10.1. The summed E-state index contributed by atoms with van der Waals surface area (Å²) >= 11 is 0. The second-order valence-corrected chi connectivity index (χ2v) is 4.60. The summed E-state index contributed by atoms with van der Waals surface area (Å²) < 4.78 is 5.03. The molecule has 0 saturated heterocycles. The van der Waals surface area contributed by atoms with E-state index in [1.807, 2.05) is 0 Å². The van der Waals surface area contributed by atoms with Crippen molar-refractivity contribution in [2.75, 3.05) is 7.11 Å². The Labute approximate surface area is 110 Å². The monoisotopic (exact) mass is 264 g/mol. The van der Waals surface area contributed by atoms with E-state index >= 15 is 0 Å². The van der Waals surface area contributed by atoms with Crippen molar-refractivity contribution >= 4 is 11.9 Å². The van der Waals surface area contributed by atoms with Gasteiger partial charge in [-0.1, -0.05) is 0 Å². The molecule has 1 aromatic heterocycles. The molecule has 0 unspecified atom stereocenters. The summed E-state index contributed by atoms with van der Waals surface area (Å²) in [5, 5.41) is 11.7. The van der Waals surface area contributed by atoms with E-state index in [2.05, 4.69) is 10.3 Å². The topological polar surface area (TPSA) is 88.5 Å². The van der Waals surface area contributed by atoms with Gasteiger partial charge in [-0.25, -0.2) is 0 Å². The van der Waals surface area contributed by atoms with Crippen LogP contribution in [0.1, 0.15) is 29.8 Å². The van der Waals surface area contributed by atoms with Crippen molar-refractivity contribution in [2.45, 2.75) is 25.3 Å². The van der Waals surface area contributed by atoms with Crippen molar-refractivity contribution in [2.24, 2.45) is 5.92 Å². The van der Waals surface area contributed by atoms with Gasteiger partial charge >= 0.3 is 5.97 Å². The van der Waals surface area contributed by atoms with Crippen molar-refractivity contribution in [3.8, 4) is 5.75 Å². The van der Waals surface area contributed by atoms with Gasteiger partial charge in [0.05, 0.1) is 13.0 Å². The predicted octanol–water partition coefficient (Wildman–Crippen LogP) is 1.07. The molecule has 6 heteroatoms. The van der Waals surface area contributed by atoms with Crippen LogP contribution in [0.3, 0.4) is 0 Å². The number of methoxy groups -OCH3 is 1. The summed E-state index contributed by atoms with van der Waals surface area (Å²) in [5.74, 6) is -0.884. The number of aromatic nitrogens is 1. The zero-order valence-corrected chi connectivity index (χ0v) is 10.6. The number of hydrogen-bond donors (Lipinski definition) is 2. The van der Waals surface area contributed by atoms with Gasteiger partial charge in [0.15, 0.2) is 0 Å². The van der Waals surface area contributed by atoms with Gasteiger partial charge in [-0.05, 0) is 25.3 Å². The number of amides is 1. The molecular formula is C13H16N2O4. The minimum Gasteiger partial charge on any atom is -0.497 e. The number of carbonyl (C=O) groups excluding carboxylic acids is 1. The molecule has 1 aromatic rings. The van der Waals surface area contributed by atoms with Gasteiger partial charge in [0.2, 0.25) is 0 Å². The molecule has 0 radical (unpaired) electrons. The molecule has 1 aliphatic carbocycles. The molecule has 1 saturated carbocycles. The predicted molar refractivity (Wildman–Crippen MR) is 67.0 cm³/mol. The van der Waals surface area contributed by atoms with E-state index in [0.29, 0.717) is 25.0 Å². The third-order valence-electron chi connectivity index (χ3n) is 3.32. The number of carbonyl (C=O) groups is 2. The van der Waals surface area contributed by atoms with Crippen LogP contribution >= 0.6 is 0 Å². The lowest BCUT2D eigenvalue weighted by Gasteiger charge is -2.12. The molecule has 2 N–H and O–H groups in total. The van der Waals surface area contributed by atoms with Gasteiger partial charge in [-0.3, -0.25) is 14.6 Å². The van der Waals surface area contributed by atoms with E-state index in [1.165, 1.54) is 13.3 Å². The Kier molecular flexibility index (Phi) is 3.99. The van der Waals surface area contributed by atoms with E-state index in [4.69, 9.17) is 9.84 Å². The normalized spacial score (nSPS) is 21.9. The largest absolute Gasteiger partial charge is 0.497 e. The second kappa shape index (κ2) is 5.69. The second-order valence-electron chi connectivity index (χ2n) is 4.60. The third kappa shape index (κ3) is 3.21. The smallest absolute Gasteiger partial charge is 0.306 e. The van der Waals surface area contributed by atoms with E-state index in [-0.39, 0.29) is 23.6 Å². The number of carboxylic acids is 1. The Morgan fingerprint density at radius 1 is 1.47 bits per heavy atom. The molecule has 2 atom stereocenters. The molecule has 1 fully saturated rings. The van der Waals surface area contributed by atoms with Crippen LogP contribution in [-0.4, -0.2) is 35.1 Å². The SMILES string of the molecule is COc1ccnc(C(=O)N[C@H]2CC[C@@H](C(=O)O)C2)c1. The highest BCUT2D eigenvalue weighted by Gasteiger charge is 2.30. The number of nitrogens with zero attached hydrogens (tertiary/aromatic N) is 1. The highest BCUT2D eigenvalue weighted by atomic mass is 16.5. The fourth-order valence-electron chi connectivity index (χ4n) is 2.26. The first-order valence-corrected chi connectivity index (χ1v) is 6.14. The van der Waals surface area contributed by atoms with Gasteiger partial charge in [0, 0.05) is 18.3 Å². The molecule has 0 aliphatic heterocycles. The number of pyridine rings is 1. The van der Waals surface area contributed by atoms with Gasteiger partial charge in [-0.15, -0.1) is 0 Å². The van der Waals surface area contributed by atoms with Crippen LogP contribution in [0.15, 0.2) is 18.3 Å². The van der Waals surface area contributed by atoms with Gasteiger partial charge in [0.25, 0.3) is 5.91 Å². The minimum atomic E-state index is -0.795. The third-order valence-corrected chi connectivity index (χ3v) is 3.32. The minimum absolute atomic E-state index is 0.0957. The first-order chi connectivity index (χ1) is 9.10. The standard InChI is InChI=1S/C13H16N2O4/c1-19-10-4-5-14-11(7-10)12(16)15-9-3-2-8(6-9)13(17)18/h4-5,7-9H,2-3,6H2,1H3,(H,15,16)(H,17,18)/t8-,9+/m1/s1. The van der Waals surface area contributed by atoms with Crippen LogP contribution in [0.5, 0.6) is 5.75 Å². The molecule has 0 spiro atoms. The van der Waals surface area contributed by atoms with Gasteiger partial charge in [-0.2, -0.15) is 0 Å². The summed E-state index contributed by atoms with van der Waals surface area (Å²) in [6.45, 7) is 0. The first-order valence-electron chi connectivity index (χ1n) is 6.14. The Morgan fingerprint density at radius 3 is 2.89 bits per heavy atom. The van der Waals surface area contributed by atoms with Crippen molar-refractivity contribution < 1.29 is 19.4 Å². The fourth-order valence-corrected chi connectivity index (χ4v) is 2.26. The molecule has 1 heterocycles. The number of rotatable bonds is 4. The molecule has 1 aliphatic rings. The highest BCUT2D eigenvalue weighted by Crippen LogP contribution is 2.25. The average Bonchev–Trinajstić information content (AvgIpc) is 2.87. The fraction of sp³-hybridized carbons (Fsp3) is 0.462. The maximum absolute atomic E-state index is 12.0. The molecular weight excluding hydrogens is 248 g/mol. The van der Waals surface area contributed by atoms with E-state index < -0.39 is 5.97 Å². The van der Waals surface area contributed by atoms with Crippen molar-refractivity contribution in [1.29, 1.82) is 0 Å². The summed E-state index contributed by atoms with van der Waals surface area (Å²) in [4.78, 5) is 26.8. The van der Waals surface area contributed by atoms with Crippen LogP contribution in [-0.2, 0) is 4.79 Å². The lowest BCUT2D eigenvalue weighted by Crippen LogP contribution is -2.33. The van der Waals surface area contributed by atoms with E-state index in [1.54, 1.807) is 12.1 Å². The Balaban J connectivity index is 1.96. The Hall–Kier alpha value is -2.11. The molecule has 19 heavy (non-hydrogen) atoms. The maximum Gasteiger partial charge on any atom is 0.306 e. The molecule has 1 amide bonds. The number of carboxylic acid groups (broad SMARTS) is 1. The number of hydrogen-bond acceptors (Lipinski definition) is 4. The van der Waals surface area contributed by atoms with E-state index in [0.717, 1.165) is 0 Å². The average molecular weight is 264 g/mol. The van der Waals surface area contributed by atoms with Crippen LogP contribution in [0.25, 0.3) is 0 Å². The number of aliphatic carboxylic acids is 1. The van der Waals surface area contributed by atoms with Crippen molar-refractivity contribution in [1.82, 2.24) is 10.3 Å². The highest BCUT2D eigenvalue weighted by molar-refractivity contribution is 5.92.